The van der Waals surface area contributed by atoms with Gasteiger partial charge in [-0.2, -0.15) is 0 Å². The maximum Gasteiger partial charge on any atom is 0.308 e. The number of rotatable bonds is 2. The van der Waals surface area contributed by atoms with Crippen LogP contribution in [-0.4, -0.2) is 16.3 Å². The van der Waals surface area contributed by atoms with E-state index in [4.69, 9.17) is 4.74 Å². The minimum Gasteiger partial charge on any atom is -0.427 e. The number of thiophene rings is 1. The van der Waals surface area contributed by atoms with Crippen molar-refractivity contribution >= 4 is 23.1 Å². The van der Waals surface area contributed by atoms with E-state index in [1.165, 1.54) is 18.3 Å². The van der Waals surface area contributed by atoms with Gasteiger partial charge < -0.3 is 9.30 Å². The maximum atomic E-state index is 12.3. The second-order valence-corrected chi connectivity index (χ2v) is 5.92. The van der Waals surface area contributed by atoms with E-state index in [-0.39, 0.29) is 11.8 Å². The molecule has 1 aliphatic rings. The van der Waals surface area contributed by atoms with E-state index in [2.05, 4.69) is 0 Å². The van der Waals surface area contributed by atoms with Gasteiger partial charge in [-0.1, -0.05) is 12.1 Å². The summed E-state index contributed by atoms with van der Waals surface area (Å²) < 4.78 is 7.06. The fourth-order valence-electron chi connectivity index (χ4n) is 2.73. The van der Waals surface area contributed by atoms with Gasteiger partial charge in [-0.3, -0.25) is 9.59 Å². The summed E-state index contributed by atoms with van der Waals surface area (Å²) in [5, 5.41) is 1.97. The minimum atomic E-state index is -0.351. The summed E-state index contributed by atoms with van der Waals surface area (Å²) in [4.78, 5) is 24.2. The van der Waals surface area contributed by atoms with Gasteiger partial charge in [0.05, 0.1) is 11.4 Å². The molecule has 0 radical (unpaired) electrons. The molecular weight excluding hydrogens is 298 g/mol. The zero-order valence-electron chi connectivity index (χ0n) is 11.7. The van der Waals surface area contributed by atoms with Crippen molar-refractivity contribution in [3.8, 4) is 22.6 Å². The topological polar surface area (TPSA) is 48.3 Å². The van der Waals surface area contributed by atoms with Crippen molar-refractivity contribution in [3.63, 3.8) is 0 Å². The van der Waals surface area contributed by atoms with Gasteiger partial charge in [0.15, 0.2) is 0 Å². The highest BCUT2D eigenvalue weighted by Crippen LogP contribution is 2.41. The van der Waals surface area contributed by atoms with Crippen LogP contribution < -0.4 is 4.74 Å². The maximum absolute atomic E-state index is 12.3. The van der Waals surface area contributed by atoms with Crippen molar-refractivity contribution in [3.05, 3.63) is 58.5 Å². The summed E-state index contributed by atoms with van der Waals surface area (Å²) in [6.45, 7) is 1.37. The fourth-order valence-corrected chi connectivity index (χ4v) is 3.74. The van der Waals surface area contributed by atoms with Crippen LogP contribution in [0.2, 0.25) is 0 Å². The monoisotopic (exact) mass is 309 g/mol. The van der Waals surface area contributed by atoms with E-state index < -0.39 is 0 Å². The fraction of sp³-hybridized carbons (Fsp3) is 0.0588. The Balaban J connectivity index is 1.86. The van der Waals surface area contributed by atoms with Gasteiger partial charge in [0, 0.05) is 24.1 Å². The number of carbonyl (C=O) groups is 2. The number of ketones is 1. The molecule has 108 valence electrons. The van der Waals surface area contributed by atoms with E-state index >= 15 is 0 Å². The molecule has 5 heteroatoms. The Morgan fingerprint density at radius 1 is 1.23 bits per heavy atom. The Kier molecular flexibility index (Phi) is 2.77. The van der Waals surface area contributed by atoms with Gasteiger partial charge in [0.25, 0.3) is 0 Å². The lowest BCUT2D eigenvalue weighted by atomic mass is 10.1. The Labute approximate surface area is 130 Å². The standard InChI is InChI=1S/C17H11NO3S/c1-10(19)21-12-5-2-4-11(8-12)13-9-22-17-15(13)18-7-3-6-14(18)16(17)20/h2-9H,1H3. The van der Waals surface area contributed by atoms with Gasteiger partial charge in [0.1, 0.15) is 10.6 Å². The molecule has 0 N–H and O–H groups in total. The lowest BCUT2D eigenvalue weighted by Crippen LogP contribution is -2.01. The number of ether oxygens (including phenoxy) is 1. The molecule has 0 atom stereocenters. The third-order valence-corrected chi connectivity index (χ3v) is 4.57. The van der Waals surface area contributed by atoms with Crippen molar-refractivity contribution in [2.24, 2.45) is 0 Å². The summed E-state index contributed by atoms with van der Waals surface area (Å²) in [7, 11) is 0. The van der Waals surface area contributed by atoms with Crippen LogP contribution in [0.4, 0.5) is 0 Å². The second-order valence-electron chi connectivity index (χ2n) is 5.04. The van der Waals surface area contributed by atoms with Gasteiger partial charge in [-0.05, 0) is 29.8 Å². The highest BCUT2D eigenvalue weighted by Gasteiger charge is 2.30. The van der Waals surface area contributed by atoms with E-state index in [1.807, 2.05) is 46.5 Å². The Morgan fingerprint density at radius 3 is 2.91 bits per heavy atom. The van der Waals surface area contributed by atoms with Crippen molar-refractivity contribution in [1.82, 2.24) is 4.57 Å². The minimum absolute atomic E-state index is 0.0624. The molecule has 1 aromatic carbocycles. The molecule has 0 spiro atoms. The van der Waals surface area contributed by atoms with Crippen LogP contribution in [0.5, 0.6) is 5.75 Å². The number of carbonyl (C=O) groups excluding carboxylic acids is 2. The van der Waals surface area contributed by atoms with Gasteiger partial charge >= 0.3 is 5.97 Å². The number of nitrogens with zero attached hydrogens (tertiary/aromatic N) is 1. The first kappa shape index (κ1) is 13.0. The van der Waals surface area contributed by atoms with Crippen LogP contribution in [0.3, 0.4) is 0 Å². The van der Waals surface area contributed by atoms with Crippen LogP contribution in [0.25, 0.3) is 16.8 Å². The quantitative estimate of drug-likeness (QED) is 0.419. The number of benzene rings is 1. The normalized spacial score (nSPS) is 12.1. The van der Waals surface area contributed by atoms with Crippen LogP contribution in [-0.2, 0) is 4.79 Å². The average Bonchev–Trinajstić information content (AvgIpc) is 3.16. The second kappa shape index (κ2) is 4.68. The van der Waals surface area contributed by atoms with Gasteiger partial charge in [-0.25, -0.2) is 0 Å². The number of esters is 1. The molecule has 4 rings (SSSR count). The van der Waals surface area contributed by atoms with Crippen molar-refractivity contribution < 1.29 is 14.3 Å². The average molecular weight is 309 g/mol. The molecule has 3 aromatic rings. The van der Waals surface area contributed by atoms with Crippen LogP contribution in [0.15, 0.2) is 48.0 Å². The first-order valence-electron chi connectivity index (χ1n) is 6.78. The van der Waals surface area contributed by atoms with Gasteiger partial charge in [0.2, 0.25) is 5.78 Å². The molecule has 0 amide bonds. The number of hydrogen-bond acceptors (Lipinski definition) is 4. The molecule has 2 aromatic heterocycles. The molecule has 4 nitrogen and oxygen atoms in total. The van der Waals surface area contributed by atoms with E-state index in [0.717, 1.165) is 21.7 Å². The lowest BCUT2D eigenvalue weighted by molar-refractivity contribution is -0.131. The van der Waals surface area contributed by atoms with E-state index in [9.17, 15) is 9.59 Å². The first-order chi connectivity index (χ1) is 10.6. The lowest BCUT2D eigenvalue weighted by Gasteiger charge is -2.07. The first-order valence-corrected chi connectivity index (χ1v) is 7.66. The molecule has 0 unspecified atom stereocenters. The predicted octanol–water partition coefficient (Wildman–Crippen LogP) is 3.68. The summed E-state index contributed by atoms with van der Waals surface area (Å²) >= 11 is 1.44. The third-order valence-electron chi connectivity index (χ3n) is 3.60. The highest BCUT2D eigenvalue weighted by molar-refractivity contribution is 7.13. The van der Waals surface area contributed by atoms with Gasteiger partial charge in [-0.15, -0.1) is 11.3 Å². The predicted molar refractivity (Wildman–Crippen MR) is 83.8 cm³/mol. The molecular formula is C17H11NO3S. The Morgan fingerprint density at radius 2 is 2.09 bits per heavy atom. The summed E-state index contributed by atoms with van der Waals surface area (Å²) in [5.41, 5.74) is 3.50. The Bertz CT molecular complexity index is 920. The Hall–Kier alpha value is -2.66. The van der Waals surface area contributed by atoms with Crippen molar-refractivity contribution in [1.29, 1.82) is 0 Å². The largest absolute Gasteiger partial charge is 0.427 e. The molecule has 0 aliphatic carbocycles. The van der Waals surface area contributed by atoms with Crippen molar-refractivity contribution in [2.75, 3.05) is 0 Å². The van der Waals surface area contributed by atoms with Crippen LogP contribution in [0.1, 0.15) is 22.3 Å². The smallest absolute Gasteiger partial charge is 0.308 e. The molecule has 1 aliphatic heterocycles. The number of hydrogen-bond donors (Lipinski definition) is 0. The number of fused-ring (bicyclic) bond motifs is 3. The van der Waals surface area contributed by atoms with Crippen LogP contribution in [0, 0.1) is 0 Å². The van der Waals surface area contributed by atoms with E-state index in [0.29, 0.717) is 11.4 Å². The third kappa shape index (κ3) is 1.83. The SMILES string of the molecule is CC(=O)Oc1cccc(-c2csc3c2-n2cccc2C3=O)c1. The zero-order chi connectivity index (χ0) is 15.3. The molecule has 0 fully saturated rings. The van der Waals surface area contributed by atoms with Crippen LogP contribution >= 0.6 is 11.3 Å². The zero-order valence-corrected chi connectivity index (χ0v) is 12.5. The summed E-state index contributed by atoms with van der Waals surface area (Å²) in [5.74, 6) is 0.213. The molecule has 22 heavy (non-hydrogen) atoms. The molecule has 0 bridgehead atoms. The summed E-state index contributed by atoms with van der Waals surface area (Å²) in [6, 6.07) is 11.0. The molecule has 3 heterocycles. The highest BCUT2D eigenvalue weighted by atomic mass is 32.1. The molecule has 0 saturated carbocycles. The van der Waals surface area contributed by atoms with Crippen molar-refractivity contribution in [2.45, 2.75) is 6.92 Å². The number of aromatic nitrogens is 1. The molecule has 0 saturated heterocycles. The van der Waals surface area contributed by atoms with E-state index in [1.54, 1.807) is 6.07 Å². The summed E-state index contributed by atoms with van der Waals surface area (Å²) in [6.07, 6.45) is 1.89.